The zero-order chi connectivity index (χ0) is 9.99. The number of rotatable bonds is 0. The van der Waals surface area contributed by atoms with Crippen LogP contribution in [0.2, 0.25) is 0 Å². The van der Waals surface area contributed by atoms with Crippen molar-refractivity contribution in [2.45, 2.75) is 30.4 Å². The van der Waals surface area contributed by atoms with Gasteiger partial charge in [-0.1, -0.05) is 0 Å². The summed E-state index contributed by atoms with van der Waals surface area (Å²) in [5.41, 5.74) is -0.660. The first kappa shape index (κ1) is 12.1. The van der Waals surface area contributed by atoms with Gasteiger partial charge in [-0.25, -0.2) is 4.79 Å². The minimum absolute atomic E-state index is 0.660. The Morgan fingerprint density at radius 1 is 1.08 bits per heavy atom. The lowest BCUT2D eigenvalue weighted by Crippen LogP contribution is -2.27. The summed E-state index contributed by atoms with van der Waals surface area (Å²) in [6, 6.07) is 0. The highest BCUT2D eigenvalue weighted by Gasteiger charge is 2.28. The number of carbonyl (C=O) groups excluding carboxylic acids is 1. The third-order valence-electron chi connectivity index (χ3n) is 0.589. The van der Waals surface area contributed by atoms with Crippen molar-refractivity contribution < 1.29 is 14.3 Å². The van der Waals surface area contributed by atoms with Crippen molar-refractivity contribution in [3.05, 3.63) is 0 Å². The number of hydrogen-bond acceptors (Lipinski definition) is 3. The highest BCUT2D eigenvalue weighted by molar-refractivity contribution is 6.66. The number of halogens is 3. The molecule has 0 aromatic rings. The van der Waals surface area contributed by atoms with Crippen LogP contribution in [0.3, 0.4) is 0 Å². The Kier molecular flexibility index (Phi) is 3.94. The summed E-state index contributed by atoms with van der Waals surface area (Å²) in [7, 11) is 0. The molecule has 0 radical (unpaired) electrons. The fraction of sp³-hybridized carbons (Fsp3) is 0.833. The van der Waals surface area contributed by atoms with E-state index in [-0.39, 0.29) is 0 Å². The van der Waals surface area contributed by atoms with Crippen LogP contribution >= 0.6 is 34.8 Å². The van der Waals surface area contributed by atoms with Crippen molar-refractivity contribution in [3.8, 4) is 0 Å². The predicted molar refractivity (Wildman–Crippen MR) is 47.6 cm³/mol. The van der Waals surface area contributed by atoms with E-state index in [1.165, 1.54) is 0 Å². The molecule has 0 spiro atoms. The van der Waals surface area contributed by atoms with Gasteiger partial charge in [0.1, 0.15) is 5.60 Å². The molecular formula is C6H9Cl3O3. The molecule has 0 saturated heterocycles. The van der Waals surface area contributed by atoms with Crippen molar-refractivity contribution in [1.82, 2.24) is 0 Å². The number of alkyl halides is 3. The lowest BCUT2D eigenvalue weighted by Gasteiger charge is -2.20. The van der Waals surface area contributed by atoms with E-state index >= 15 is 0 Å². The molecule has 12 heavy (non-hydrogen) atoms. The van der Waals surface area contributed by atoms with Crippen LogP contribution in [-0.2, 0) is 9.47 Å². The first-order valence-electron chi connectivity index (χ1n) is 3.09. The maximum Gasteiger partial charge on any atom is 0.512 e. The van der Waals surface area contributed by atoms with Crippen molar-refractivity contribution in [3.63, 3.8) is 0 Å². The van der Waals surface area contributed by atoms with E-state index in [9.17, 15) is 4.79 Å². The zero-order valence-corrected chi connectivity index (χ0v) is 9.13. The standard InChI is InChI=1S/C6H9Cl3O3/c1-5(2,3)11-4(10)12-6(7,8)9/h1-3H3. The van der Waals surface area contributed by atoms with E-state index in [1.54, 1.807) is 20.8 Å². The molecule has 3 nitrogen and oxygen atoms in total. The van der Waals surface area contributed by atoms with E-state index in [0.717, 1.165) is 0 Å². The Balaban J connectivity index is 3.92. The summed E-state index contributed by atoms with van der Waals surface area (Å²) in [6.07, 6.45) is -1.01. The maximum absolute atomic E-state index is 10.8. The van der Waals surface area contributed by atoms with Gasteiger partial charge >= 0.3 is 10.1 Å². The quantitative estimate of drug-likeness (QED) is 0.477. The van der Waals surface area contributed by atoms with Crippen LogP contribution in [-0.4, -0.2) is 15.7 Å². The molecule has 0 unspecified atom stereocenters. The third-order valence-corrected chi connectivity index (χ3v) is 0.820. The first-order chi connectivity index (χ1) is 5.10. The van der Waals surface area contributed by atoms with Gasteiger partial charge in [0.2, 0.25) is 0 Å². The van der Waals surface area contributed by atoms with Crippen LogP contribution in [0, 0.1) is 0 Å². The highest BCUT2D eigenvalue weighted by Crippen LogP contribution is 2.28. The fourth-order valence-corrected chi connectivity index (χ4v) is 0.554. The monoisotopic (exact) mass is 234 g/mol. The van der Waals surface area contributed by atoms with Gasteiger partial charge in [-0.3, -0.25) is 0 Å². The minimum atomic E-state index is -2.07. The van der Waals surface area contributed by atoms with Gasteiger partial charge in [0, 0.05) is 0 Å². The van der Waals surface area contributed by atoms with Gasteiger partial charge in [0.15, 0.2) is 0 Å². The molecule has 0 amide bonds. The third kappa shape index (κ3) is 8.24. The van der Waals surface area contributed by atoms with Gasteiger partial charge in [-0.15, -0.1) is 0 Å². The normalized spacial score (nSPS) is 12.5. The van der Waals surface area contributed by atoms with Crippen molar-refractivity contribution >= 4 is 41.0 Å². The Bertz CT molecular complexity index is 150. The largest absolute Gasteiger partial charge is 0.512 e. The second kappa shape index (κ2) is 3.90. The van der Waals surface area contributed by atoms with Crippen LogP contribution in [0.5, 0.6) is 0 Å². The predicted octanol–water partition coefficient (Wildman–Crippen LogP) is 3.27. The number of carbonyl (C=O) groups is 1. The van der Waals surface area contributed by atoms with Gasteiger partial charge < -0.3 is 9.47 Å². The molecule has 0 heterocycles. The molecule has 0 fully saturated rings. The minimum Gasteiger partial charge on any atom is -0.428 e. The van der Waals surface area contributed by atoms with Gasteiger partial charge in [-0.05, 0) is 55.6 Å². The number of hydrogen-bond donors (Lipinski definition) is 0. The Morgan fingerprint density at radius 3 is 1.75 bits per heavy atom. The summed E-state index contributed by atoms with van der Waals surface area (Å²) >= 11 is 15.5. The van der Waals surface area contributed by atoms with Gasteiger partial charge in [0.05, 0.1) is 0 Å². The Hall–Kier alpha value is 0.140. The van der Waals surface area contributed by atoms with E-state index in [2.05, 4.69) is 4.74 Å². The van der Waals surface area contributed by atoms with Crippen LogP contribution in [0.1, 0.15) is 20.8 Å². The second-order valence-electron chi connectivity index (χ2n) is 3.01. The van der Waals surface area contributed by atoms with E-state index in [1.807, 2.05) is 0 Å². The molecule has 0 atom stereocenters. The SMILES string of the molecule is CC(C)(C)OC(=O)OC(Cl)(Cl)Cl. The van der Waals surface area contributed by atoms with Gasteiger partial charge in [0.25, 0.3) is 0 Å². The van der Waals surface area contributed by atoms with E-state index < -0.39 is 15.7 Å². The molecule has 0 aliphatic carbocycles. The van der Waals surface area contributed by atoms with Crippen molar-refractivity contribution in [2.24, 2.45) is 0 Å². The number of ether oxygens (including phenoxy) is 2. The van der Waals surface area contributed by atoms with Crippen molar-refractivity contribution in [2.75, 3.05) is 0 Å². The van der Waals surface area contributed by atoms with Gasteiger partial charge in [-0.2, -0.15) is 0 Å². The van der Waals surface area contributed by atoms with E-state index in [0.29, 0.717) is 0 Å². The molecule has 0 aromatic carbocycles. The highest BCUT2D eigenvalue weighted by atomic mass is 35.6. The fourth-order valence-electron chi connectivity index (χ4n) is 0.365. The first-order valence-corrected chi connectivity index (χ1v) is 4.22. The summed E-state index contributed by atoms with van der Waals surface area (Å²) in [5.74, 6) is 0. The smallest absolute Gasteiger partial charge is 0.428 e. The van der Waals surface area contributed by atoms with Crippen molar-refractivity contribution in [1.29, 1.82) is 0 Å². The van der Waals surface area contributed by atoms with E-state index in [4.69, 9.17) is 39.5 Å². The second-order valence-corrected chi connectivity index (χ2v) is 5.19. The lowest BCUT2D eigenvalue weighted by molar-refractivity contribution is -0.00879. The Morgan fingerprint density at radius 2 is 1.50 bits per heavy atom. The molecule has 0 rings (SSSR count). The average molecular weight is 235 g/mol. The van der Waals surface area contributed by atoms with Crippen LogP contribution in [0.4, 0.5) is 4.79 Å². The topological polar surface area (TPSA) is 35.5 Å². The summed E-state index contributed by atoms with van der Waals surface area (Å²) in [6.45, 7) is 5.02. The molecular weight excluding hydrogens is 226 g/mol. The van der Waals surface area contributed by atoms with Crippen LogP contribution in [0.25, 0.3) is 0 Å². The summed E-state index contributed by atoms with van der Waals surface area (Å²) < 4.78 is 6.88. The molecule has 0 bridgehead atoms. The molecule has 0 aliphatic rings. The summed E-state index contributed by atoms with van der Waals surface area (Å²) in [4.78, 5) is 10.8. The molecule has 72 valence electrons. The summed E-state index contributed by atoms with van der Waals surface area (Å²) in [5, 5.41) is 0. The van der Waals surface area contributed by atoms with Crippen LogP contribution in [0.15, 0.2) is 0 Å². The average Bonchev–Trinajstić information content (AvgIpc) is 1.49. The molecule has 0 N–H and O–H groups in total. The zero-order valence-electron chi connectivity index (χ0n) is 6.86. The van der Waals surface area contributed by atoms with Crippen LogP contribution < -0.4 is 0 Å². The Labute approximate surface area is 85.9 Å². The maximum atomic E-state index is 10.8. The molecule has 0 aromatic heterocycles. The molecule has 0 saturated carbocycles. The lowest BCUT2D eigenvalue weighted by atomic mass is 10.2. The molecule has 0 aliphatic heterocycles. The molecule has 6 heteroatoms.